The summed E-state index contributed by atoms with van der Waals surface area (Å²) in [7, 11) is 0. The Labute approximate surface area is 78.8 Å². The van der Waals surface area contributed by atoms with E-state index >= 15 is 0 Å². The number of unbranched alkanes of at least 4 members (excludes halogenated alkanes) is 1. The van der Waals surface area contributed by atoms with E-state index in [9.17, 15) is 4.79 Å². The third-order valence-corrected chi connectivity index (χ3v) is 2.04. The zero-order valence-corrected chi connectivity index (χ0v) is 8.29. The molecule has 0 amide bonds. The van der Waals surface area contributed by atoms with Gasteiger partial charge in [-0.1, -0.05) is 0 Å². The number of aryl methyl sites for hydroxylation is 3. The van der Waals surface area contributed by atoms with Gasteiger partial charge in [-0.15, -0.1) is 0 Å². The highest BCUT2D eigenvalue weighted by Crippen LogP contribution is 2.07. The Morgan fingerprint density at radius 3 is 3.00 bits per heavy atom. The molecule has 72 valence electrons. The zero-order chi connectivity index (χ0) is 9.68. The fourth-order valence-electron chi connectivity index (χ4n) is 1.44. The normalized spacial score (nSPS) is 10.3. The van der Waals surface area contributed by atoms with Crippen LogP contribution in [0.15, 0.2) is 6.07 Å². The van der Waals surface area contributed by atoms with Crippen molar-refractivity contribution in [2.45, 2.75) is 39.7 Å². The molecule has 1 aromatic rings. The predicted octanol–water partition coefficient (Wildman–Crippen LogP) is 1.73. The molecule has 3 nitrogen and oxygen atoms in total. The third-order valence-electron chi connectivity index (χ3n) is 2.04. The van der Waals surface area contributed by atoms with Gasteiger partial charge in [-0.2, -0.15) is 5.10 Å². The molecular formula is C10H16N2O. The van der Waals surface area contributed by atoms with Crippen molar-refractivity contribution in [3.63, 3.8) is 0 Å². The minimum absolute atomic E-state index is 0.647. The maximum absolute atomic E-state index is 10.1. The summed E-state index contributed by atoms with van der Waals surface area (Å²) in [5, 5.41) is 4.34. The summed E-state index contributed by atoms with van der Waals surface area (Å²) in [6.45, 7) is 4.98. The first-order chi connectivity index (χ1) is 6.27. The Balaban J connectivity index is 2.58. The summed E-state index contributed by atoms with van der Waals surface area (Å²) in [6.07, 6.45) is 3.50. The molecule has 0 spiro atoms. The Bertz CT molecular complexity index is 278. The molecule has 0 aliphatic heterocycles. The summed E-state index contributed by atoms with van der Waals surface area (Å²) in [5.41, 5.74) is 2.30. The molecule has 0 aliphatic rings. The Kier molecular flexibility index (Phi) is 3.68. The number of hydrogen-bond donors (Lipinski definition) is 0. The number of carbonyl (C=O) groups excluding carboxylic acids is 1. The van der Waals surface area contributed by atoms with Crippen molar-refractivity contribution in [1.29, 1.82) is 0 Å². The number of carbonyl (C=O) groups is 1. The van der Waals surface area contributed by atoms with Crippen molar-refractivity contribution >= 4 is 6.29 Å². The number of nitrogens with zero attached hydrogens (tertiary/aromatic N) is 2. The van der Waals surface area contributed by atoms with Crippen LogP contribution >= 0.6 is 0 Å². The van der Waals surface area contributed by atoms with E-state index in [1.54, 1.807) is 0 Å². The second-order valence-electron chi connectivity index (χ2n) is 3.15. The van der Waals surface area contributed by atoms with Crippen molar-refractivity contribution in [3.05, 3.63) is 17.5 Å². The molecule has 1 rings (SSSR count). The first-order valence-electron chi connectivity index (χ1n) is 4.75. The molecule has 0 unspecified atom stereocenters. The predicted molar refractivity (Wildman–Crippen MR) is 51.6 cm³/mol. The summed E-state index contributed by atoms with van der Waals surface area (Å²) >= 11 is 0. The quantitative estimate of drug-likeness (QED) is 0.511. The van der Waals surface area contributed by atoms with Crippen LogP contribution in [0.5, 0.6) is 0 Å². The lowest BCUT2D eigenvalue weighted by atomic mass is 10.2. The van der Waals surface area contributed by atoms with E-state index in [4.69, 9.17) is 0 Å². The van der Waals surface area contributed by atoms with E-state index in [0.717, 1.165) is 31.4 Å². The molecule has 0 aliphatic carbocycles. The van der Waals surface area contributed by atoms with E-state index < -0.39 is 0 Å². The summed E-state index contributed by atoms with van der Waals surface area (Å²) in [5.74, 6) is 0. The number of aldehydes is 1. The highest BCUT2D eigenvalue weighted by atomic mass is 16.1. The second kappa shape index (κ2) is 4.80. The first-order valence-corrected chi connectivity index (χ1v) is 4.75. The van der Waals surface area contributed by atoms with Gasteiger partial charge in [0.1, 0.15) is 6.29 Å². The van der Waals surface area contributed by atoms with Gasteiger partial charge in [0.25, 0.3) is 0 Å². The standard InChI is InChI=1S/C10H16N2O/c1-3-12-10(6-4-5-7-13)8-9(2)11-12/h7-8H,3-6H2,1-2H3. The third kappa shape index (κ3) is 2.68. The van der Waals surface area contributed by atoms with Gasteiger partial charge in [-0.05, 0) is 32.8 Å². The van der Waals surface area contributed by atoms with Crippen LogP contribution in [-0.2, 0) is 17.8 Å². The Morgan fingerprint density at radius 1 is 1.62 bits per heavy atom. The molecule has 0 radical (unpaired) electrons. The lowest BCUT2D eigenvalue weighted by molar-refractivity contribution is -0.107. The van der Waals surface area contributed by atoms with Crippen LogP contribution in [0, 0.1) is 6.92 Å². The Hall–Kier alpha value is -1.12. The van der Waals surface area contributed by atoms with Gasteiger partial charge in [0, 0.05) is 18.7 Å². The van der Waals surface area contributed by atoms with Crippen molar-refractivity contribution in [2.24, 2.45) is 0 Å². The first kappa shape index (κ1) is 9.96. The average Bonchev–Trinajstić information content (AvgIpc) is 2.47. The lowest BCUT2D eigenvalue weighted by Gasteiger charge is -2.01. The molecule has 3 heteroatoms. The van der Waals surface area contributed by atoms with Crippen molar-refractivity contribution in [2.75, 3.05) is 0 Å². The van der Waals surface area contributed by atoms with Gasteiger partial charge < -0.3 is 4.79 Å². The molecule has 0 bridgehead atoms. The van der Waals surface area contributed by atoms with Crippen LogP contribution in [-0.4, -0.2) is 16.1 Å². The molecule has 0 aromatic carbocycles. The van der Waals surface area contributed by atoms with Gasteiger partial charge in [0.2, 0.25) is 0 Å². The van der Waals surface area contributed by atoms with Gasteiger partial charge in [0.05, 0.1) is 5.69 Å². The number of rotatable bonds is 5. The molecule has 0 N–H and O–H groups in total. The minimum atomic E-state index is 0.647. The molecule has 0 fully saturated rings. The molecule has 0 atom stereocenters. The van der Waals surface area contributed by atoms with Gasteiger partial charge in [-0.3, -0.25) is 4.68 Å². The van der Waals surface area contributed by atoms with Crippen LogP contribution in [0.25, 0.3) is 0 Å². The summed E-state index contributed by atoms with van der Waals surface area (Å²) in [4.78, 5) is 10.1. The van der Waals surface area contributed by atoms with E-state index in [-0.39, 0.29) is 0 Å². The molecule has 1 heterocycles. The maximum Gasteiger partial charge on any atom is 0.120 e. The minimum Gasteiger partial charge on any atom is -0.303 e. The zero-order valence-electron chi connectivity index (χ0n) is 8.29. The molecule has 1 aromatic heterocycles. The second-order valence-corrected chi connectivity index (χ2v) is 3.15. The Morgan fingerprint density at radius 2 is 2.38 bits per heavy atom. The maximum atomic E-state index is 10.1. The van der Waals surface area contributed by atoms with E-state index in [0.29, 0.717) is 6.42 Å². The van der Waals surface area contributed by atoms with Crippen molar-refractivity contribution in [1.82, 2.24) is 9.78 Å². The highest BCUT2D eigenvalue weighted by Gasteiger charge is 2.02. The fourth-order valence-corrected chi connectivity index (χ4v) is 1.44. The van der Waals surface area contributed by atoms with Crippen LogP contribution < -0.4 is 0 Å². The molecular weight excluding hydrogens is 164 g/mol. The van der Waals surface area contributed by atoms with Crippen LogP contribution in [0.2, 0.25) is 0 Å². The highest BCUT2D eigenvalue weighted by molar-refractivity contribution is 5.49. The monoisotopic (exact) mass is 180 g/mol. The SMILES string of the molecule is CCn1nc(C)cc1CCCC=O. The average molecular weight is 180 g/mol. The fraction of sp³-hybridized carbons (Fsp3) is 0.600. The number of hydrogen-bond acceptors (Lipinski definition) is 2. The summed E-state index contributed by atoms with van der Waals surface area (Å²) in [6, 6.07) is 2.09. The smallest absolute Gasteiger partial charge is 0.120 e. The van der Waals surface area contributed by atoms with Crippen LogP contribution in [0.4, 0.5) is 0 Å². The van der Waals surface area contributed by atoms with Gasteiger partial charge in [-0.25, -0.2) is 0 Å². The van der Waals surface area contributed by atoms with Crippen molar-refractivity contribution in [3.8, 4) is 0 Å². The lowest BCUT2D eigenvalue weighted by Crippen LogP contribution is -2.02. The summed E-state index contributed by atoms with van der Waals surface area (Å²) < 4.78 is 2.00. The van der Waals surface area contributed by atoms with E-state index in [2.05, 4.69) is 18.1 Å². The molecule has 0 saturated heterocycles. The molecule has 0 saturated carbocycles. The van der Waals surface area contributed by atoms with Gasteiger partial charge >= 0.3 is 0 Å². The van der Waals surface area contributed by atoms with E-state index in [1.165, 1.54) is 5.69 Å². The van der Waals surface area contributed by atoms with E-state index in [1.807, 2.05) is 11.6 Å². The van der Waals surface area contributed by atoms with Crippen LogP contribution in [0.1, 0.15) is 31.2 Å². The largest absolute Gasteiger partial charge is 0.303 e. The number of aromatic nitrogens is 2. The van der Waals surface area contributed by atoms with Crippen molar-refractivity contribution < 1.29 is 4.79 Å². The van der Waals surface area contributed by atoms with Crippen LogP contribution in [0.3, 0.4) is 0 Å². The van der Waals surface area contributed by atoms with Gasteiger partial charge in [0.15, 0.2) is 0 Å². The topological polar surface area (TPSA) is 34.9 Å². The molecule has 13 heavy (non-hydrogen) atoms.